The van der Waals surface area contributed by atoms with Crippen molar-refractivity contribution in [1.82, 2.24) is 9.88 Å². The van der Waals surface area contributed by atoms with E-state index in [-0.39, 0.29) is 11.7 Å². The second-order valence-electron chi connectivity index (χ2n) is 4.13. The molecule has 1 fully saturated rings. The highest BCUT2D eigenvalue weighted by atomic mass is 19.1. The lowest BCUT2D eigenvalue weighted by Crippen LogP contribution is -2.29. The molecule has 2 heterocycles. The van der Waals surface area contributed by atoms with E-state index in [9.17, 15) is 9.18 Å². The number of aromatic nitrogens is 1. The molecule has 0 spiro atoms. The summed E-state index contributed by atoms with van der Waals surface area (Å²) in [5.41, 5.74) is 0. The van der Waals surface area contributed by atoms with E-state index in [1.807, 2.05) is 4.90 Å². The van der Waals surface area contributed by atoms with E-state index in [2.05, 4.69) is 10.3 Å². The SMILES string of the molecule is O=C(CCNc1ccc(F)cn1)N1CCCC1. The minimum Gasteiger partial charge on any atom is -0.370 e. The Kier molecular flexibility index (Phi) is 3.90. The van der Waals surface area contributed by atoms with Gasteiger partial charge in [-0.2, -0.15) is 0 Å². The molecule has 1 N–H and O–H groups in total. The Balaban J connectivity index is 1.72. The van der Waals surface area contributed by atoms with Crippen LogP contribution in [-0.2, 0) is 4.79 Å². The number of likely N-dealkylation sites (tertiary alicyclic amines) is 1. The van der Waals surface area contributed by atoms with Crippen molar-refractivity contribution in [2.24, 2.45) is 0 Å². The van der Waals surface area contributed by atoms with Gasteiger partial charge < -0.3 is 10.2 Å². The van der Waals surface area contributed by atoms with Crippen LogP contribution in [0.4, 0.5) is 10.2 Å². The molecule has 1 amide bonds. The van der Waals surface area contributed by atoms with E-state index in [0.717, 1.165) is 32.1 Å². The van der Waals surface area contributed by atoms with E-state index in [1.165, 1.54) is 6.07 Å². The molecule has 1 aromatic rings. The van der Waals surface area contributed by atoms with Crippen LogP contribution in [0.3, 0.4) is 0 Å². The van der Waals surface area contributed by atoms with Gasteiger partial charge in [0.1, 0.15) is 11.6 Å². The highest BCUT2D eigenvalue weighted by Crippen LogP contribution is 2.09. The normalized spacial score (nSPS) is 15.0. The number of nitrogens with zero attached hydrogens (tertiary/aromatic N) is 2. The molecule has 1 aliphatic heterocycles. The maximum atomic E-state index is 12.6. The van der Waals surface area contributed by atoms with Crippen LogP contribution >= 0.6 is 0 Å². The Labute approximate surface area is 99.8 Å². The summed E-state index contributed by atoms with van der Waals surface area (Å²) in [6, 6.07) is 2.91. The van der Waals surface area contributed by atoms with Crippen molar-refractivity contribution >= 4 is 11.7 Å². The van der Waals surface area contributed by atoms with Crippen LogP contribution in [0.2, 0.25) is 0 Å². The standard InChI is InChI=1S/C12H16FN3O/c13-10-3-4-11(15-9-10)14-6-5-12(17)16-7-1-2-8-16/h3-4,9H,1-2,5-8H2,(H,14,15). The Bertz CT molecular complexity index is 374. The third-order valence-electron chi connectivity index (χ3n) is 2.83. The molecule has 0 aromatic carbocycles. The summed E-state index contributed by atoms with van der Waals surface area (Å²) in [5, 5.41) is 3.00. The number of carbonyl (C=O) groups excluding carboxylic acids is 1. The summed E-state index contributed by atoms with van der Waals surface area (Å²) in [6.07, 6.45) is 3.83. The van der Waals surface area contributed by atoms with Crippen LogP contribution in [0, 0.1) is 5.82 Å². The van der Waals surface area contributed by atoms with Crippen LogP contribution in [0.1, 0.15) is 19.3 Å². The number of rotatable bonds is 4. The molecule has 17 heavy (non-hydrogen) atoms. The first kappa shape index (κ1) is 11.8. The number of amides is 1. The highest BCUT2D eigenvalue weighted by Gasteiger charge is 2.16. The summed E-state index contributed by atoms with van der Waals surface area (Å²) in [5.74, 6) is 0.418. The van der Waals surface area contributed by atoms with Crippen molar-refractivity contribution in [2.75, 3.05) is 25.0 Å². The lowest BCUT2D eigenvalue weighted by molar-refractivity contribution is -0.129. The topological polar surface area (TPSA) is 45.2 Å². The summed E-state index contributed by atoms with van der Waals surface area (Å²) in [4.78, 5) is 17.4. The smallest absolute Gasteiger partial charge is 0.224 e. The van der Waals surface area contributed by atoms with E-state index in [4.69, 9.17) is 0 Å². The Morgan fingerprint density at radius 1 is 1.41 bits per heavy atom. The summed E-state index contributed by atoms with van der Waals surface area (Å²) >= 11 is 0. The molecule has 0 bridgehead atoms. The largest absolute Gasteiger partial charge is 0.370 e. The molecule has 0 atom stereocenters. The van der Waals surface area contributed by atoms with E-state index in [1.54, 1.807) is 6.07 Å². The summed E-state index contributed by atoms with van der Waals surface area (Å²) in [6.45, 7) is 2.30. The molecule has 0 radical (unpaired) electrons. The van der Waals surface area contributed by atoms with Crippen molar-refractivity contribution in [3.63, 3.8) is 0 Å². The second-order valence-corrected chi connectivity index (χ2v) is 4.13. The van der Waals surface area contributed by atoms with Crippen molar-refractivity contribution in [3.05, 3.63) is 24.1 Å². The van der Waals surface area contributed by atoms with Gasteiger partial charge in [0, 0.05) is 26.1 Å². The van der Waals surface area contributed by atoms with Gasteiger partial charge in [0.15, 0.2) is 0 Å². The molecule has 1 saturated heterocycles. The number of carbonyl (C=O) groups is 1. The van der Waals surface area contributed by atoms with E-state index >= 15 is 0 Å². The summed E-state index contributed by atoms with van der Waals surface area (Å²) < 4.78 is 12.6. The van der Waals surface area contributed by atoms with Crippen LogP contribution in [0.25, 0.3) is 0 Å². The van der Waals surface area contributed by atoms with Gasteiger partial charge in [-0.15, -0.1) is 0 Å². The number of anilines is 1. The molecule has 5 heteroatoms. The quantitative estimate of drug-likeness (QED) is 0.866. The first-order chi connectivity index (χ1) is 8.25. The third kappa shape index (κ3) is 3.41. The van der Waals surface area contributed by atoms with Crippen molar-refractivity contribution in [3.8, 4) is 0 Å². The van der Waals surface area contributed by atoms with E-state index < -0.39 is 0 Å². The van der Waals surface area contributed by atoms with Crippen LogP contribution < -0.4 is 5.32 Å². The highest BCUT2D eigenvalue weighted by molar-refractivity contribution is 5.76. The van der Waals surface area contributed by atoms with Gasteiger partial charge in [-0.05, 0) is 25.0 Å². The fraction of sp³-hybridized carbons (Fsp3) is 0.500. The van der Waals surface area contributed by atoms with Gasteiger partial charge >= 0.3 is 0 Å². The molecular weight excluding hydrogens is 221 g/mol. The van der Waals surface area contributed by atoms with Gasteiger partial charge in [0.05, 0.1) is 6.20 Å². The van der Waals surface area contributed by atoms with Crippen molar-refractivity contribution in [1.29, 1.82) is 0 Å². The molecule has 2 rings (SSSR count). The fourth-order valence-corrected chi connectivity index (χ4v) is 1.90. The van der Waals surface area contributed by atoms with Crippen LogP contribution in [0.5, 0.6) is 0 Å². The lowest BCUT2D eigenvalue weighted by Gasteiger charge is -2.15. The monoisotopic (exact) mass is 237 g/mol. The maximum absolute atomic E-state index is 12.6. The van der Waals surface area contributed by atoms with Gasteiger partial charge in [-0.3, -0.25) is 4.79 Å². The fourth-order valence-electron chi connectivity index (χ4n) is 1.90. The molecule has 4 nitrogen and oxygen atoms in total. The predicted molar refractivity (Wildman–Crippen MR) is 63.1 cm³/mol. The first-order valence-corrected chi connectivity index (χ1v) is 5.89. The van der Waals surface area contributed by atoms with Crippen molar-refractivity contribution < 1.29 is 9.18 Å². The Morgan fingerprint density at radius 2 is 2.18 bits per heavy atom. The average molecular weight is 237 g/mol. The van der Waals surface area contributed by atoms with Gasteiger partial charge in [0.2, 0.25) is 5.91 Å². The number of nitrogens with one attached hydrogen (secondary N) is 1. The molecule has 1 aromatic heterocycles. The summed E-state index contributed by atoms with van der Waals surface area (Å²) in [7, 11) is 0. The Hall–Kier alpha value is -1.65. The second kappa shape index (κ2) is 5.61. The zero-order valence-corrected chi connectivity index (χ0v) is 9.66. The number of hydrogen-bond donors (Lipinski definition) is 1. The van der Waals surface area contributed by atoms with Crippen LogP contribution in [-0.4, -0.2) is 35.4 Å². The third-order valence-corrected chi connectivity index (χ3v) is 2.83. The van der Waals surface area contributed by atoms with Crippen molar-refractivity contribution in [2.45, 2.75) is 19.3 Å². The van der Waals surface area contributed by atoms with E-state index in [0.29, 0.717) is 18.8 Å². The number of halogens is 1. The lowest BCUT2D eigenvalue weighted by atomic mass is 10.3. The zero-order chi connectivity index (χ0) is 12.1. The molecular formula is C12H16FN3O. The molecule has 0 aliphatic carbocycles. The number of hydrogen-bond acceptors (Lipinski definition) is 3. The minimum atomic E-state index is -0.358. The average Bonchev–Trinajstić information content (AvgIpc) is 2.85. The van der Waals surface area contributed by atoms with Gasteiger partial charge in [-0.25, -0.2) is 9.37 Å². The number of pyridine rings is 1. The Morgan fingerprint density at radius 3 is 2.82 bits per heavy atom. The molecule has 1 aliphatic rings. The molecule has 92 valence electrons. The molecule has 0 unspecified atom stereocenters. The van der Waals surface area contributed by atoms with Gasteiger partial charge in [-0.1, -0.05) is 0 Å². The minimum absolute atomic E-state index is 0.178. The predicted octanol–water partition coefficient (Wildman–Crippen LogP) is 1.65. The molecule has 0 saturated carbocycles. The van der Waals surface area contributed by atoms with Gasteiger partial charge in [0.25, 0.3) is 0 Å². The van der Waals surface area contributed by atoms with Crippen LogP contribution in [0.15, 0.2) is 18.3 Å². The zero-order valence-electron chi connectivity index (χ0n) is 9.66. The first-order valence-electron chi connectivity index (χ1n) is 5.89. The maximum Gasteiger partial charge on any atom is 0.224 e.